The van der Waals surface area contributed by atoms with Gasteiger partial charge in [0.05, 0.1) is 6.61 Å². The number of likely N-dealkylation sites (N-methyl/N-ethyl adjacent to an activating group) is 1. The number of aliphatic hydroxyl groups excluding tert-OH is 1. The van der Waals surface area contributed by atoms with Crippen LogP contribution in [0.2, 0.25) is 0 Å². The van der Waals surface area contributed by atoms with Gasteiger partial charge in [0.1, 0.15) is 0 Å². The molecule has 0 bridgehead atoms. The molecule has 0 atom stereocenters. The molecule has 0 spiro atoms. The Morgan fingerprint density at radius 2 is 2.31 bits per heavy atom. The van der Waals surface area contributed by atoms with E-state index in [2.05, 4.69) is 16.8 Å². The fourth-order valence-corrected chi connectivity index (χ4v) is 1.55. The first-order chi connectivity index (χ1) is 6.27. The predicted octanol–water partition coefficient (Wildman–Crippen LogP) is 0.219. The van der Waals surface area contributed by atoms with E-state index in [9.17, 15) is 0 Å². The molecule has 0 heterocycles. The Labute approximate surface area is 80.4 Å². The summed E-state index contributed by atoms with van der Waals surface area (Å²) in [6.07, 6.45) is 2.57. The summed E-state index contributed by atoms with van der Waals surface area (Å²) >= 11 is 0. The van der Waals surface area contributed by atoms with Crippen molar-refractivity contribution >= 4 is 0 Å². The number of hydrogen-bond donors (Lipinski definition) is 2. The van der Waals surface area contributed by atoms with Crippen LogP contribution in [0.1, 0.15) is 12.8 Å². The van der Waals surface area contributed by atoms with E-state index in [0.717, 1.165) is 19.6 Å². The van der Waals surface area contributed by atoms with Crippen LogP contribution in [0, 0.1) is 0 Å². The molecular formula is C10H20N2O. The number of hydrogen-bond acceptors (Lipinski definition) is 3. The van der Waals surface area contributed by atoms with Crippen molar-refractivity contribution in [3.05, 3.63) is 12.2 Å². The van der Waals surface area contributed by atoms with Crippen LogP contribution < -0.4 is 5.32 Å². The average molecular weight is 184 g/mol. The van der Waals surface area contributed by atoms with Gasteiger partial charge in [-0.1, -0.05) is 6.58 Å². The quantitative estimate of drug-likeness (QED) is 0.556. The van der Waals surface area contributed by atoms with Gasteiger partial charge >= 0.3 is 0 Å². The first kappa shape index (κ1) is 10.7. The Morgan fingerprint density at radius 1 is 1.62 bits per heavy atom. The first-order valence-electron chi connectivity index (χ1n) is 4.94. The molecule has 76 valence electrons. The molecule has 1 fully saturated rings. The summed E-state index contributed by atoms with van der Waals surface area (Å²) in [7, 11) is 1.93. The van der Waals surface area contributed by atoms with Crippen molar-refractivity contribution < 1.29 is 5.11 Å². The third-order valence-electron chi connectivity index (χ3n) is 2.30. The van der Waals surface area contributed by atoms with Gasteiger partial charge < -0.3 is 10.4 Å². The van der Waals surface area contributed by atoms with Crippen molar-refractivity contribution in [1.82, 2.24) is 10.2 Å². The maximum Gasteiger partial charge on any atom is 0.0558 e. The summed E-state index contributed by atoms with van der Waals surface area (Å²) in [4.78, 5) is 2.32. The van der Waals surface area contributed by atoms with Crippen LogP contribution >= 0.6 is 0 Å². The highest BCUT2D eigenvalue weighted by Crippen LogP contribution is 2.26. The maximum atomic E-state index is 8.87. The van der Waals surface area contributed by atoms with Crippen molar-refractivity contribution in [2.24, 2.45) is 0 Å². The zero-order chi connectivity index (χ0) is 9.68. The molecule has 1 aliphatic rings. The van der Waals surface area contributed by atoms with Gasteiger partial charge in [-0.25, -0.2) is 0 Å². The lowest BCUT2D eigenvalue weighted by atomic mass is 10.2. The Balaban J connectivity index is 2.24. The molecule has 0 aromatic carbocycles. The van der Waals surface area contributed by atoms with Gasteiger partial charge in [-0.15, -0.1) is 0 Å². The number of nitrogens with zero attached hydrogens (tertiary/aromatic N) is 1. The minimum absolute atomic E-state index is 0.253. The van der Waals surface area contributed by atoms with E-state index in [-0.39, 0.29) is 6.61 Å². The Morgan fingerprint density at radius 3 is 2.77 bits per heavy atom. The van der Waals surface area contributed by atoms with Crippen molar-refractivity contribution in [2.75, 3.05) is 33.3 Å². The molecule has 13 heavy (non-hydrogen) atoms. The molecule has 1 saturated carbocycles. The van der Waals surface area contributed by atoms with Crippen LogP contribution in [-0.4, -0.2) is 49.3 Å². The van der Waals surface area contributed by atoms with Crippen LogP contribution in [0.15, 0.2) is 12.2 Å². The summed E-state index contributed by atoms with van der Waals surface area (Å²) in [6, 6.07) is 0.709. The highest BCUT2D eigenvalue weighted by molar-refractivity contribution is 5.02. The number of aliphatic hydroxyl groups is 1. The fourth-order valence-electron chi connectivity index (χ4n) is 1.55. The van der Waals surface area contributed by atoms with Crippen LogP contribution in [-0.2, 0) is 0 Å². The van der Waals surface area contributed by atoms with Crippen LogP contribution in [0.4, 0.5) is 0 Å². The van der Waals surface area contributed by atoms with E-state index in [1.807, 2.05) is 7.05 Å². The minimum atomic E-state index is 0.253. The third-order valence-corrected chi connectivity index (χ3v) is 2.30. The molecule has 0 saturated heterocycles. The van der Waals surface area contributed by atoms with Gasteiger partial charge in [-0.3, -0.25) is 4.90 Å². The molecule has 0 aliphatic heterocycles. The molecule has 1 rings (SSSR count). The topological polar surface area (TPSA) is 35.5 Å². The van der Waals surface area contributed by atoms with Gasteiger partial charge in [0.15, 0.2) is 0 Å². The fraction of sp³-hybridized carbons (Fsp3) is 0.800. The van der Waals surface area contributed by atoms with Gasteiger partial charge in [0.25, 0.3) is 0 Å². The standard InChI is InChI=1S/C10H20N2O/c1-9(7-11-2)8-12(5-6-13)10-3-4-10/h10-11,13H,1,3-8H2,2H3. The zero-order valence-electron chi connectivity index (χ0n) is 8.42. The highest BCUT2D eigenvalue weighted by Gasteiger charge is 2.28. The Kier molecular flexibility index (Phi) is 4.42. The summed E-state index contributed by atoms with van der Waals surface area (Å²) in [5, 5.41) is 12.0. The summed E-state index contributed by atoms with van der Waals surface area (Å²) in [5.41, 5.74) is 1.20. The van der Waals surface area contributed by atoms with Gasteiger partial charge in [-0.2, -0.15) is 0 Å². The van der Waals surface area contributed by atoms with Gasteiger partial charge in [0, 0.05) is 25.7 Å². The van der Waals surface area contributed by atoms with E-state index >= 15 is 0 Å². The molecule has 0 aromatic rings. The summed E-state index contributed by atoms with van der Waals surface area (Å²) < 4.78 is 0. The second-order valence-corrected chi connectivity index (χ2v) is 3.71. The van der Waals surface area contributed by atoms with E-state index in [1.54, 1.807) is 0 Å². The zero-order valence-corrected chi connectivity index (χ0v) is 8.42. The lowest BCUT2D eigenvalue weighted by Crippen LogP contribution is -2.32. The molecule has 0 aromatic heterocycles. The molecule has 0 amide bonds. The average Bonchev–Trinajstić information content (AvgIpc) is 2.86. The highest BCUT2D eigenvalue weighted by atomic mass is 16.3. The molecule has 1 aliphatic carbocycles. The van der Waals surface area contributed by atoms with Crippen LogP contribution in [0.25, 0.3) is 0 Å². The maximum absolute atomic E-state index is 8.87. The van der Waals surface area contributed by atoms with E-state index < -0.39 is 0 Å². The normalized spacial score (nSPS) is 16.5. The van der Waals surface area contributed by atoms with Crippen molar-refractivity contribution in [3.8, 4) is 0 Å². The van der Waals surface area contributed by atoms with Crippen LogP contribution in [0.5, 0.6) is 0 Å². The lowest BCUT2D eigenvalue weighted by molar-refractivity contribution is 0.199. The first-order valence-corrected chi connectivity index (χ1v) is 4.94. The van der Waals surface area contributed by atoms with Gasteiger partial charge in [0.2, 0.25) is 0 Å². The summed E-state index contributed by atoms with van der Waals surface area (Å²) in [6.45, 7) is 6.82. The van der Waals surface area contributed by atoms with E-state index in [4.69, 9.17) is 5.11 Å². The second kappa shape index (κ2) is 5.37. The molecule has 3 heteroatoms. The van der Waals surface area contributed by atoms with Crippen molar-refractivity contribution in [2.45, 2.75) is 18.9 Å². The smallest absolute Gasteiger partial charge is 0.0558 e. The molecule has 0 radical (unpaired) electrons. The Bertz CT molecular complexity index is 166. The van der Waals surface area contributed by atoms with Crippen molar-refractivity contribution in [1.29, 1.82) is 0 Å². The molecule has 2 N–H and O–H groups in total. The number of rotatable bonds is 7. The predicted molar refractivity (Wildman–Crippen MR) is 54.7 cm³/mol. The largest absolute Gasteiger partial charge is 0.395 e. The Hall–Kier alpha value is -0.380. The van der Waals surface area contributed by atoms with E-state index in [1.165, 1.54) is 18.4 Å². The summed E-state index contributed by atoms with van der Waals surface area (Å²) in [5.74, 6) is 0. The minimum Gasteiger partial charge on any atom is -0.395 e. The SMILES string of the molecule is C=C(CNC)CN(CCO)C1CC1. The lowest BCUT2D eigenvalue weighted by Gasteiger charge is -2.21. The molecule has 0 unspecified atom stereocenters. The third kappa shape index (κ3) is 3.89. The molecule has 3 nitrogen and oxygen atoms in total. The monoisotopic (exact) mass is 184 g/mol. The van der Waals surface area contributed by atoms with Gasteiger partial charge in [-0.05, 0) is 25.5 Å². The van der Waals surface area contributed by atoms with Crippen LogP contribution in [0.3, 0.4) is 0 Å². The van der Waals surface area contributed by atoms with Crippen molar-refractivity contribution in [3.63, 3.8) is 0 Å². The molecular weight excluding hydrogens is 164 g/mol. The van der Waals surface area contributed by atoms with E-state index in [0.29, 0.717) is 6.04 Å². The number of nitrogens with one attached hydrogen (secondary N) is 1. The second-order valence-electron chi connectivity index (χ2n) is 3.71.